The predicted molar refractivity (Wildman–Crippen MR) is 55.2 cm³/mol. The summed E-state index contributed by atoms with van der Waals surface area (Å²) >= 11 is 5.16. The molecule has 0 aliphatic rings. The minimum atomic E-state index is -0.599. The second-order valence-electron chi connectivity index (χ2n) is 2.71. The molecule has 0 N–H and O–H groups in total. The summed E-state index contributed by atoms with van der Waals surface area (Å²) in [5, 5.41) is 2.96. The molecule has 14 heavy (non-hydrogen) atoms. The maximum absolute atomic E-state index is 10.5. The van der Waals surface area contributed by atoms with E-state index in [-0.39, 0.29) is 5.71 Å². The number of halogens is 1. The molecule has 1 rings (SSSR count). The van der Waals surface area contributed by atoms with Crippen LogP contribution < -0.4 is 0 Å². The van der Waals surface area contributed by atoms with E-state index in [0.29, 0.717) is 6.61 Å². The molecular formula is C10H10ClNO2. The fourth-order valence-corrected chi connectivity index (χ4v) is 0.848. The SMILES string of the molecule is CC(=NOCc1ccccc1)C(=O)Cl. The van der Waals surface area contributed by atoms with Crippen LogP contribution in [-0.2, 0) is 16.2 Å². The van der Waals surface area contributed by atoms with E-state index in [9.17, 15) is 4.79 Å². The lowest BCUT2D eigenvalue weighted by atomic mass is 10.2. The van der Waals surface area contributed by atoms with Gasteiger partial charge in [-0.25, -0.2) is 0 Å². The van der Waals surface area contributed by atoms with Gasteiger partial charge < -0.3 is 4.84 Å². The smallest absolute Gasteiger partial charge is 0.269 e. The third-order valence-corrected chi connectivity index (χ3v) is 1.83. The third-order valence-electron chi connectivity index (χ3n) is 1.56. The first-order valence-corrected chi connectivity index (χ1v) is 4.48. The minimum absolute atomic E-state index is 0.155. The topological polar surface area (TPSA) is 38.7 Å². The van der Waals surface area contributed by atoms with Crippen LogP contribution in [0, 0.1) is 0 Å². The molecule has 3 nitrogen and oxygen atoms in total. The Balaban J connectivity index is 2.43. The van der Waals surface area contributed by atoms with E-state index < -0.39 is 5.24 Å². The highest BCUT2D eigenvalue weighted by molar-refractivity contribution is 6.81. The second kappa shape index (κ2) is 5.40. The van der Waals surface area contributed by atoms with Crippen molar-refractivity contribution in [2.75, 3.05) is 0 Å². The Kier molecular flexibility index (Phi) is 4.13. The zero-order valence-electron chi connectivity index (χ0n) is 7.74. The van der Waals surface area contributed by atoms with E-state index in [4.69, 9.17) is 16.4 Å². The highest BCUT2D eigenvalue weighted by atomic mass is 35.5. The van der Waals surface area contributed by atoms with Gasteiger partial charge in [0.05, 0.1) is 0 Å². The summed E-state index contributed by atoms with van der Waals surface area (Å²) in [6, 6.07) is 9.55. The highest BCUT2D eigenvalue weighted by Gasteiger charge is 2.00. The van der Waals surface area contributed by atoms with Gasteiger partial charge in [0.1, 0.15) is 12.3 Å². The van der Waals surface area contributed by atoms with Gasteiger partial charge in [0.25, 0.3) is 5.24 Å². The van der Waals surface area contributed by atoms with Gasteiger partial charge in [-0.1, -0.05) is 35.5 Å². The van der Waals surface area contributed by atoms with E-state index >= 15 is 0 Å². The lowest BCUT2D eigenvalue weighted by Gasteiger charge is -1.99. The van der Waals surface area contributed by atoms with Crippen LogP contribution in [0.5, 0.6) is 0 Å². The zero-order chi connectivity index (χ0) is 10.4. The van der Waals surface area contributed by atoms with Crippen molar-refractivity contribution in [2.45, 2.75) is 13.5 Å². The van der Waals surface area contributed by atoms with Crippen molar-refractivity contribution in [3.63, 3.8) is 0 Å². The minimum Gasteiger partial charge on any atom is -0.391 e. The fraction of sp³-hybridized carbons (Fsp3) is 0.200. The number of carbonyl (C=O) groups is 1. The zero-order valence-corrected chi connectivity index (χ0v) is 8.49. The summed E-state index contributed by atoms with van der Waals surface area (Å²) in [4.78, 5) is 15.5. The highest BCUT2D eigenvalue weighted by Crippen LogP contribution is 2.00. The average Bonchev–Trinajstić information content (AvgIpc) is 2.19. The van der Waals surface area contributed by atoms with Crippen LogP contribution in [0.15, 0.2) is 35.5 Å². The van der Waals surface area contributed by atoms with Crippen LogP contribution in [0.4, 0.5) is 0 Å². The molecule has 0 saturated heterocycles. The van der Waals surface area contributed by atoms with Crippen LogP contribution in [0.25, 0.3) is 0 Å². The van der Waals surface area contributed by atoms with Gasteiger partial charge in [0.15, 0.2) is 0 Å². The van der Waals surface area contributed by atoms with E-state index in [0.717, 1.165) is 5.56 Å². The van der Waals surface area contributed by atoms with Crippen molar-refractivity contribution in [2.24, 2.45) is 5.16 Å². The lowest BCUT2D eigenvalue weighted by Crippen LogP contribution is -2.02. The Hall–Kier alpha value is -1.35. The third kappa shape index (κ3) is 3.58. The summed E-state index contributed by atoms with van der Waals surface area (Å²) < 4.78 is 0. The van der Waals surface area contributed by atoms with E-state index in [1.165, 1.54) is 6.92 Å². The van der Waals surface area contributed by atoms with Crippen LogP contribution in [0.3, 0.4) is 0 Å². The molecule has 0 atom stereocenters. The molecule has 0 spiro atoms. The van der Waals surface area contributed by atoms with Gasteiger partial charge in [-0.2, -0.15) is 0 Å². The first-order chi connectivity index (χ1) is 6.70. The van der Waals surface area contributed by atoms with Crippen molar-refractivity contribution in [3.8, 4) is 0 Å². The Labute approximate surface area is 87.3 Å². The molecular weight excluding hydrogens is 202 g/mol. The Morgan fingerprint density at radius 1 is 1.43 bits per heavy atom. The molecule has 1 aromatic rings. The second-order valence-corrected chi connectivity index (χ2v) is 3.05. The number of nitrogens with zero attached hydrogens (tertiary/aromatic N) is 1. The monoisotopic (exact) mass is 211 g/mol. The molecule has 0 saturated carbocycles. The first-order valence-electron chi connectivity index (χ1n) is 4.10. The fourth-order valence-electron chi connectivity index (χ4n) is 0.814. The van der Waals surface area contributed by atoms with Crippen molar-refractivity contribution < 1.29 is 9.63 Å². The lowest BCUT2D eigenvalue weighted by molar-refractivity contribution is -0.106. The van der Waals surface area contributed by atoms with Gasteiger partial charge in [0, 0.05) is 0 Å². The summed E-state index contributed by atoms with van der Waals surface area (Å²) in [5.74, 6) is 0. The molecule has 0 fully saturated rings. The average molecular weight is 212 g/mol. The van der Waals surface area contributed by atoms with Crippen molar-refractivity contribution in [3.05, 3.63) is 35.9 Å². The number of benzene rings is 1. The van der Waals surface area contributed by atoms with Crippen LogP contribution in [0.2, 0.25) is 0 Å². The molecule has 0 radical (unpaired) electrons. The van der Waals surface area contributed by atoms with E-state index in [2.05, 4.69) is 5.16 Å². The maximum atomic E-state index is 10.5. The van der Waals surface area contributed by atoms with E-state index in [1.807, 2.05) is 30.3 Å². The standard InChI is InChI=1S/C10H10ClNO2/c1-8(10(11)13)12-14-7-9-5-3-2-4-6-9/h2-6H,7H2,1H3. The first kappa shape index (κ1) is 10.7. The van der Waals surface area contributed by atoms with E-state index in [1.54, 1.807) is 0 Å². The van der Waals surface area contributed by atoms with Crippen molar-refractivity contribution in [1.29, 1.82) is 0 Å². The van der Waals surface area contributed by atoms with Crippen molar-refractivity contribution >= 4 is 22.6 Å². The van der Waals surface area contributed by atoms with Crippen molar-refractivity contribution in [1.82, 2.24) is 0 Å². The quantitative estimate of drug-likeness (QED) is 0.436. The van der Waals surface area contributed by atoms with Crippen LogP contribution in [-0.4, -0.2) is 11.0 Å². The largest absolute Gasteiger partial charge is 0.391 e. The Bertz CT molecular complexity index is 335. The maximum Gasteiger partial charge on any atom is 0.269 e. The molecule has 1 aromatic carbocycles. The van der Waals surface area contributed by atoms with Gasteiger partial charge in [-0.15, -0.1) is 0 Å². The molecule has 0 heterocycles. The normalized spacial score (nSPS) is 11.1. The molecule has 0 bridgehead atoms. The van der Waals surface area contributed by atoms with Gasteiger partial charge in [-0.05, 0) is 24.1 Å². The number of oxime groups is 1. The molecule has 0 aliphatic heterocycles. The van der Waals surface area contributed by atoms with Crippen LogP contribution in [0.1, 0.15) is 12.5 Å². The van der Waals surface area contributed by atoms with Gasteiger partial charge >= 0.3 is 0 Å². The molecule has 0 unspecified atom stereocenters. The number of rotatable bonds is 4. The summed E-state index contributed by atoms with van der Waals surface area (Å²) in [7, 11) is 0. The molecule has 74 valence electrons. The summed E-state index contributed by atoms with van der Waals surface area (Å²) in [6.07, 6.45) is 0. The molecule has 4 heteroatoms. The molecule has 0 amide bonds. The van der Waals surface area contributed by atoms with Crippen LogP contribution >= 0.6 is 11.6 Å². The number of hydrogen-bond donors (Lipinski definition) is 0. The summed E-state index contributed by atoms with van der Waals surface area (Å²) in [5.41, 5.74) is 1.15. The number of hydrogen-bond acceptors (Lipinski definition) is 3. The number of carbonyl (C=O) groups excluding carboxylic acids is 1. The Morgan fingerprint density at radius 3 is 2.64 bits per heavy atom. The van der Waals surface area contributed by atoms with Gasteiger partial charge in [0.2, 0.25) is 0 Å². The molecule has 0 aliphatic carbocycles. The predicted octanol–water partition coefficient (Wildman–Crippen LogP) is 2.34. The summed E-state index contributed by atoms with van der Waals surface area (Å²) in [6.45, 7) is 1.84. The Morgan fingerprint density at radius 2 is 2.07 bits per heavy atom. The molecule has 0 aromatic heterocycles. The van der Waals surface area contributed by atoms with Gasteiger partial charge in [-0.3, -0.25) is 4.79 Å².